The van der Waals surface area contributed by atoms with Gasteiger partial charge in [-0.3, -0.25) is 0 Å². The molecule has 0 bridgehead atoms. The van der Waals surface area contributed by atoms with Gasteiger partial charge in [0.05, 0.1) is 12.7 Å². The van der Waals surface area contributed by atoms with Crippen LogP contribution in [0.25, 0.3) is 0 Å². The summed E-state index contributed by atoms with van der Waals surface area (Å²) in [4.78, 5) is 0. The number of ether oxygens (including phenoxy) is 3. The molecule has 2 aliphatic heterocycles. The van der Waals surface area contributed by atoms with Gasteiger partial charge < -0.3 is 50.0 Å². The molecule has 0 radical (unpaired) electrons. The Balaban J connectivity index is 2.10. The van der Waals surface area contributed by atoms with E-state index in [0.717, 1.165) is 0 Å². The van der Waals surface area contributed by atoms with Gasteiger partial charge in [0.1, 0.15) is 42.7 Å². The van der Waals surface area contributed by atoms with Gasteiger partial charge in [0.25, 0.3) is 0 Å². The smallest absolute Gasteiger partial charge is 0.187 e. The SMILES string of the molecule is C[C@@H]1OC(O)[C@@H](O)[C@H](O[C@@H]2O[C@H](CO)[C@@H](O)[C@H](O)[C@H]2O)[C@@H]1O. The number of hydrogen-bond donors (Lipinski definition) is 7. The van der Waals surface area contributed by atoms with Crippen LogP contribution in [0.5, 0.6) is 0 Å². The van der Waals surface area contributed by atoms with E-state index in [-0.39, 0.29) is 0 Å². The molecule has 1 unspecified atom stereocenters. The van der Waals surface area contributed by atoms with Crippen LogP contribution in [0.3, 0.4) is 0 Å². The Labute approximate surface area is 126 Å². The van der Waals surface area contributed by atoms with E-state index in [4.69, 9.17) is 19.3 Å². The van der Waals surface area contributed by atoms with E-state index in [2.05, 4.69) is 0 Å². The summed E-state index contributed by atoms with van der Waals surface area (Å²) in [7, 11) is 0. The van der Waals surface area contributed by atoms with Crippen molar-refractivity contribution in [2.45, 2.75) is 68.3 Å². The first-order valence-electron chi connectivity index (χ1n) is 6.93. The van der Waals surface area contributed by atoms with E-state index in [0.29, 0.717) is 0 Å². The molecule has 10 atom stereocenters. The summed E-state index contributed by atoms with van der Waals surface area (Å²) in [6.45, 7) is 0.812. The van der Waals surface area contributed by atoms with Gasteiger partial charge in [-0.25, -0.2) is 0 Å². The third-order valence-corrected chi connectivity index (χ3v) is 3.94. The van der Waals surface area contributed by atoms with Crippen LogP contribution in [0.1, 0.15) is 6.92 Å². The molecule has 2 rings (SSSR count). The van der Waals surface area contributed by atoms with Gasteiger partial charge in [-0.2, -0.15) is 0 Å². The van der Waals surface area contributed by atoms with Gasteiger partial charge in [0.2, 0.25) is 0 Å². The second-order valence-corrected chi connectivity index (χ2v) is 5.51. The number of aliphatic hydroxyl groups is 7. The molecule has 2 heterocycles. The normalized spacial score (nSPS) is 53.5. The van der Waals surface area contributed by atoms with Crippen LogP contribution in [0, 0.1) is 0 Å². The minimum atomic E-state index is -1.67. The molecule has 0 aromatic rings. The van der Waals surface area contributed by atoms with E-state index >= 15 is 0 Å². The minimum Gasteiger partial charge on any atom is -0.394 e. The molecule has 0 saturated carbocycles. The Hall–Kier alpha value is -0.400. The molecular weight excluding hydrogens is 304 g/mol. The summed E-state index contributed by atoms with van der Waals surface area (Å²) in [5.74, 6) is 0. The highest BCUT2D eigenvalue weighted by Crippen LogP contribution is 2.28. The monoisotopic (exact) mass is 326 g/mol. The van der Waals surface area contributed by atoms with Crippen molar-refractivity contribution in [1.82, 2.24) is 0 Å². The van der Waals surface area contributed by atoms with Crippen LogP contribution < -0.4 is 0 Å². The molecule has 10 nitrogen and oxygen atoms in total. The van der Waals surface area contributed by atoms with E-state index < -0.39 is 68.0 Å². The summed E-state index contributed by atoms with van der Waals surface area (Å²) in [5, 5.41) is 67.6. The highest BCUT2D eigenvalue weighted by atomic mass is 16.7. The van der Waals surface area contributed by atoms with E-state index in [1.54, 1.807) is 0 Å². The van der Waals surface area contributed by atoms with Gasteiger partial charge >= 0.3 is 0 Å². The first-order valence-corrected chi connectivity index (χ1v) is 6.93. The van der Waals surface area contributed by atoms with Gasteiger partial charge in [0, 0.05) is 0 Å². The van der Waals surface area contributed by atoms with Crippen LogP contribution in [-0.4, -0.2) is 104 Å². The van der Waals surface area contributed by atoms with Crippen molar-refractivity contribution < 1.29 is 50.0 Å². The predicted octanol–water partition coefficient (Wildman–Crippen LogP) is -4.37. The molecule has 7 N–H and O–H groups in total. The predicted molar refractivity (Wildman–Crippen MR) is 67.2 cm³/mol. The zero-order chi connectivity index (χ0) is 16.6. The molecule has 10 heteroatoms. The molecule has 0 spiro atoms. The van der Waals surface area contributed by atoms with Crippen molar-refractivity contribution in [3.8, 4) is 0 Å². The van der Waals surface area contributed by atoms with Crippen LogP contribution >= 0.6 is 0 Å². The van der Waals surface area contributed by atoms with Crippen LogP contribution in [0.4, 0.5) is 0 Å². The van der Waals surface area contributed by atoms with E-state index in [1.165, 1.54) is 6.92 Å². The molecule has 22 heavy (non-hydrogen) atoms. The Morgan fingerprint density at radius 3 is 2.05 bits per heavy atom. The Morgan fingerprint density at radius 2 is 1.45 bits per heavy atom. The third-order valence-electron chi connectivity index (χ3n) is 3.94. The fourth-order valence-corrected chi connectivity index (χ4v) is 2.51. The maximum Gasteiger partial charge on any atom is 0.187 e. The van der Waals surface area contributed by atoms with Gasteiger partial charge in [-0.05, 0) is 6.92 Å². The third kappa shape index (κ3) is 3.26. The van der Waals surface area contributed by atoms with Gasteiger partial charge in [-0.15, -0.1) is 0 Å². The lowest BCUT2D eigenvalue weighted by Crippen LogP contribution is -2.63. The van der Waals surface area contributed by atoms with Crippen LogP contribution in [-0.2, 0) is 14.2 Å². The highest BCUT2D eigenvalue weighted by molar-refractivity contribution is 4.92. The van der Waals surface area contributed by atoms with Crippen molar-refractivity contribution in [3.05, 3.63) is 0 Å². The molecule has 0 aromatic carbocycles. The molecule has 2 fully saturated rings. The fourth-order valence-electron chi connectivity index (χ4n) is 2.51. The van der Waals surface area contributed by atoms with Crippen molar-refractivity contribution in [1.29, 1.82) is 0 Å². The lowest BCUT2D eigenvalue weighted by Gasteiger charge is -2.44. The molecule has 0 aromatic heterocycles. The molecule has 130 valence electrons. The van der Waals surface area contributed by atoms with E-state index in [1.807, 2.05) is 0 Å². The summed E-state index contributed by atoms with van der Waals surface area (Å²) in [6, 6.07) is 0. The van der Waals surface area contributed by atoms with Crippen molar-refractivity contribution in [2.24, 2.45) is 0 Å². The zero-order valence-electron chi connectivity index (χ0n) is 11.8. The summed E-state index contributed by atoms with van der Waals surface area (Å²) in [6.07, 6.45) is -14.3. The van der Waals surface area contributed by atoms with Crippen molar-refractivity contribution >= 4 is 0 Å². The first kappa shape index (κ1) is 17.9. The molecule has 0 amide bonds. The average molecular weight is 326 g/mol. The lowest BCUT2D eigenvalue weighted by atomic mass is 9.97. The highest BCUT2D eigenvalue weighted by Gasteiger charge is 2.49. The lowest BCUT2D eigenvalue weighted by molar-refractivity contribution is -0.353. The Kier molecular flexibility index (Phi) is 5.72. The maximum absolute atomic E-state index is 9.96. The van der Waals surface area contributed by atoms with Crippen LogP contribution in [0.2, 0.25) is 0 Å². The molecular formula is C12H22O10. The number of rotatable bonds is 3. The van der Waals surface area contributed by atoms with Crippen LogP contribution in [0.15, 0.2) is 0 Å². The quantitative estimate of drug-likeness (QED) is 0.269. The van der Waals surface area contributed by atoms with Crippen molar-refractivity contribution in [2.75, 3.05) is 6.61 Å². The second-order valence-electron chi connectivity index (χ2n) is 5.51. The Morgan fingerprint density at radius 1 is 0.818 bits per heavy atom. The summed E-state index contributed by atoms with van der Waals surface area (Å²) < 4.78 is 15.3. The maximum atomic E-state index is 9.96. The van der Waals surface area contributed by atoms with Gasteiger partial charge in [-0.1, -0.05) is 0 Å². The second kappa shape index (κ2) is 7.01. The minimum absolute atomic E-state index is 0.636. The first-order chi connectivity index (χ1) is 10.3. The largest absolute Gasteiger partial charge is 0.394 e. The number of hydrogen-bond acceptors (Lipinski definition) is 10. The number of aliphatic hydroxyl groups excluding tert-OH is 7. The Bertz CT molecular complexity index is 352. The molecule has 0 aliphatic carbocycles. The summed E-state index contributed by atoms with van der Waals surface area (Å²) in [5.41, 5.74) is 0. The van der Waals surface area contributed by atoms with E-state index in [9.17, 15) is 30.6 Å². The zero-order valence-corrected chi connectivity index (χ0v) is 11.8. The average Bonchev–Trinajstić information content (AvgIpc) is 2.49. The summed E-state index contributed by atoms with van der Waals surface area (Å²) >= 11 is 0. The van der Waals surface area contributed by atoms with Gasteiger partial charge in [0.15, 0.2) is 12.6 Å². The fraction of sp³-hybridized carbons (Fsp3) is 1.00. The molecule has 2 saturated heterocycles. The van der Waals surface area contributed by atoms with Crippen molar-refractivity contribution in [3.63, 3.8) is 0 Å². The standard InChI is InChI=1S/C12H22O10/c1-3-5(14)10(9(18)11(19)20-3)22-12-8(17)7(16)6(15)4(2-13)21-12/h3-19H,2H2,1H3/t3-,4+,5+,6+,7-,8+,9-,10+,11?,12-/m0/s1. The molecule has 2 aliphatic rings. The topological polar surface area (TPSA) is 169 Å².